The number of terminal acetylenes is 1. The molecule has 1 fully saturated rings. The molecule has 6 heteroatoms. The molecule has 1 atom stereocenters. The molecule has 1 aromatic rings. The zero-order valence-corrected chi connectivity index (χ0v) is 15.5. The van der Waals surface area contributed by atoms with Gasteiger partial charge in [0.15, 0.2) is 5.79 Å². The second-order valence-corrected chi connectivity index (χ2v) is 6.37. The Balaban J connectivity index is 2.15. The molecule has 0 aromatic heterocycles. The van der Waals surface area contributed by atoms with E-state index in [1.807, 2.05) is 6.92 Å². The average molecular weight is 340 g/mol. The first kappa shape index (κ1) is 18.8. The third-order valence-corrected chi connectivity index (χ3v) is 4.00. The van der Waals surface area contributed by atoms with Crippen molar-refractivity contribution in [2.75, 3.05) is 13.1 Å². The highest BCUT2D eigenvalue weighted by molar-refractivity contribution is 6.01. The molecule has 0 saturated carbocycles. The number of rotatable bonds is 6. The van der Waals surface area contributed by atoms with E-state index in [1.165, 1.54) is 16.7 Å². The lowest BCUT2D eigenvalue weighted by Gasteiger charge is -2.39. The lowest BCUT2D eigenvalue weighted by atomic mass is 10.1. The molecular formula is C19H28N6. The third-order valence-electron chi connectivity index (χ3n) is 4.00. The van der Waals surface area contributed by atoms with Gasteiger partial charge in [0.1, 0.15) is 0 Å². The molecule has 0 aliphatic carbocycles. The summed E-state index contributed by atoms with van der Waals surface area (Å²) in [5, 5.41) is 13.0. The molecule has 1 aliphatic rings. The van der Waals surface area contributed by atoms with Gasteiger partial charge < -0.3 is 10.6 Å². The molecular weight excluding hydrogens is 312 g/mol. The van der Waals surface area contributed by atoms with Gasteiger partial charge in [-0.2, -0.15) is 0 Å². The molecule has 0 radical (unpaired) electrons. The van der Waals surface area contributed by atoms with Crippen LogP contribution in [0.4, 0.5) is 0 Å². The van der Waals surface area contributed by atoms with Crippen molar-refractivity contribution < 1.29 is 0 Å². The average Bonchev–Trinajstić information content (AvgIpc) is 2.59. The minimum Gasteiger partial charge on any atom is -0.321 e. The number of nitrogens with zero attached hydrogens (tertiary/aromatic N) is 2. The van der Waals surface area contributed by atoms with Crippen LogP contribution in [0.2, 0.25) is 0 Å². The van der Waals surface area contributed by atoms with Gasteiger partial charge in [0.05, 0.1) is 13.1 Å². The molecule has 1 saturated heterocycles. The van der Waals surface area contributed by atoms with Crippen LogP contribution in [-0.2, 0) is 6.54 Å². The second kappa shape index (κ2) is 8.54. The van der Waals surface area contributed by atoms with Crippen LogP contribution in [0.5, 0.6) is 0 Å². The zero-order chi connectivity index (χ0) is 18.3. The van der Waals surface area contributed by atoms with E-state index in [0.29, 0.717) is 25.0 Å². The normalized spacial score (nSPS) is 22.8. The Hall–Kier alpha value is -2.52. The van der Waals surface area contributed by atoms with Crippen molar-refractivity contribution in [3.63, 3.8) is 0 Å². The van der Waals surface area contributed by atoms with Crippen molar-refractivity contribution in [2.24, 2.45) is 9.98 Å². The minimum atomic E-state index is -0.605. The van der Waals surface area contributed by atoms with Gasteiger partial charge in [-0.05, 0) is 43.9 Å². The highest BCUT2D eigenvalue weighted by Gasteiger charge is 2.30. The Kier molecular flexibility index (Phi) is 6.43. The fourth-order valence-electron chi connectivity index (χ4n) is 2.45. The topological polar surface area (TPSA) is 72.8 Å². The molecule has 1 heterocycles. The summed E-state index contributed by atoms with van der Waals surface area (Å²) in [6.45, 7) is 10.0. The smallest absolute Gasteiger partial charge is 0.201 e. The number of aryl methyl sites for hydroxylation is 2. The third kappa shape index (κ3) is 5.50. The summed E-state index contributed by atoms with van der Waals surface area (Å²) in [5.41, 5.74) is 3.73. The number of benzene rings is 1. The number of guanidine groups is 2. The molecule has 1 unspecified atom stereocenters. The largest absolute Gasteiger partial charge is 0.321 e. The van der Waals surface area contributed by atoms with Crippen molar-refractivity contribution in [3.05, 3.63) is 34.9 Å². The fraction of sp³-hybridized carbons (Fsp3) is 0.474. The Morgan fingerprint density at radius 3 is 2.52 bits per heavy atom. The highest BCUT2D eigenvalue weighted by Crippen LogP contribution is 2.11. The quantitative estimate of drug-likeness (QED) is 0.594. The molecule has 0 spiro atoms. The van der Waals surface area contributed by atoms with Crippen molar-refractivity contribution in [1.82, 2.24) is 21.3 Å². The maximum atomic E-state index is 5.37. The molecule has 6 nitrogen and oxygen atoms in total. The lowest BCUT2D eigenvalue weighted by molar-refractivity contribution is 0.300. The Morgan fingerprint density at radius 1 is 1.16 bits per heavy atom. The number of hydrogen-bond donors (Lipinski definition) is 4. The van der Waals surface area contributed by atoms with Gasteiger partial charge in [-0.1, -0.05) is 31.0 Å². The maximum Gasteiger partial charge on any atom is 0.201 e. The molecule has 4 N–H and O–H groups in total. The SMILES string of the molecule is C#CCNC1(C)NC(=NCCC)NC(=NCc2ccc(C)c(C)c2)N1. The Labute approximate surface area is 150 Å². The standard InChI is InChI=1S/C19H28N6/c1-6-10-20-17-23-18(25-19(5,24-17)22-11-7-2)21-13-16-9-8-14(3)15(4)12-16/h2,8-9,12,22H,6,10-11,13H2,1,3-5H3,(H3,20,21,23,24,25). The van der Waals surface area contributed by atoms with Crippen LogP contribution in [0.25, 0.3) is 0 Å². The van der Waals surface area contributed by atoms with Gasteiger partial charge in [0.2, 0.25) is 11.9 Å². The van der Waals surface area contributed by atoms with Gasteiger partial charge in [0.25, 0.3) is 0 Å². The van der Waals surface area contributed by atoms with E-state index >= 15 is 0 Å². The van der Waals surface area contributed by atoms with Gasteiger partial charge in [-0.15, -0.1) is 6.42 Å². The van der Waals surface area contributed by atoms with Gasteiger partial charge in [-0.25, -0.2) is 4.99 Å². The van der Waals surface area contributed by atoms with Crippen LogP contribution >= 0.6 is 0 Å². The van der Waals surface area contributed by atoms with Crippen LogP contribution in [0.1, 0.15) is 37.0 Å². The van der Waals surface area contributed by atoms with Crippen molar-refractivity contribution in [1.29, 1.82) is 0 Å². The zero-order valence-electron chi connectivity index (χ0n) is 15.5. The number of aliphatic imine (C=N–C) groups is 2. The summed E-state index contributed by atoms with van der Waals surface area (Å²) >= 11 is 0. The summed E-state index contributed by atoms with van der Waals surface area (Å²) in [4.78, 5) is 9.19. The van der Waals surface area contributed by atoms with E-state index in [0.717, 1.165) is 13.0 Å². The molecule has 1 aromatic carbocycles. The van der Waals surface area contributed by atoms with Crippen LogP contribution in [-0.4, -0.2) is 30.8 Å². The minimum absolute atomic E-state index is 0.433. The predicted octanol–water partition coefficient (Wildman–Crippen LogP) is 1.60. The first-order chi connectivity index (χ1) is 12.0. The van der Waals surface area contributed by atoms with Crippen molar-refractivity contribution in [3.8, 4) is 12.3 Å². The van der Waals surface area contributed by atoms with Gasteiger partial charge >= 0.3 is 0 Å². The van der Waals surface area contributed by atoms with Crippen LogP contribution in [0.15, 0.2) is 28.2 Å². The highest BCUT2D eigenvalue weighted by atomic mass is 15.5. The van der Waals surface area contributed by atoms with E-state index in [-0.39, 0.29) is 0 Å². The van der Waals surface area contributed by atoms with E-state index in [4.69, 9.17) is 6.42 Å². The van der Waals surface area contributed by atoms with E-state index in [9.17, 15) is 0 Å². The summed E-state index contributed by atoms with van der Waals surface area (Å²) in [5.74, 6) is 3.34. The number of hydrogen-bond acceptors (Lipinski definition) is 3. The first-order valence-electron chi connectivity index (χ1n) is 8.62. The van der Waals surface area contributed by atoms with Gasteiger partial charge in [-0.3, -0.25) is 15.6 Å². The van der Waals surface area contributed by atoms with E-state index < -0.39 is 5.79 Å². The van der Waals surface area contributed by atoms with Crippen LogP contribution in [0, 0.1) is 26.2 Å². The van der Waals surface area contributed by atoms with Crippen molar-refractivity contribution >= 4 is 11.9 Å². The molecule has 1 aliphatic heterocycles. The van der Waals surface area contributed by atoms with E-state index in [2.05, 4.69) is 76.1 Å². The van der Waals surface area contributed by atoms with Gasteiger partial charge in [0, 0.05) is 6.54 Å². The second-order valence-electron chi connectivity index (χ2n) is 6.37. The molecule has 0 amide bonds. The lowest BCUT2D eigenvalue weighted by Crippen LogP contribution is -2.75. The first-order valence-corrected chi connectivity index (χ1v) is 8.62. The summed E-state index contributed by atoms with van der Waals surface area (Å²) in [6, 6.07) is 6.40. The summed E-state index contributed by atoms with van der Waals surface area (Å²) in [7, 11) is 0. The molecule has 134 valence electrons. The molecule has 25 heavy (non-hydrogen) atoms. The van der Waals surface area contributed by atoms with Crippen LogP contribution < -0.4 is 21.3 Å². The van der Waals surface area contributed by atoms with Crippen LogP contribution in [0.3, 0.4) is 0 Å². The Bertz CT molecular complexity index is 700. The monoisotopic (exact) mass is 340 g/mol. The molecule has 2 rings (SSSR count). The summed E-state index contributed by atoms with van der Waals surface area (Å²) < 4.78 is 0. The Morgan fingerprint density at radius 2 is 1.88 bits per heavy atom. The maximum absolute atomic E-state index is 5.37. The van der Waals surface area contributed by atoms with E-state index in [1.54, 1.807) is 0 Å². The number of nitrogens with one attached hydrogen (secondary N) is 4. The summed E-state index contributed by atoms with van der Waals surface area (Å²) in [6.07, 6.45) is 6.35. The predicted molar refractivity (Wildman–Crippen MR) is 104 cm³/mol. The van der Waals surface area contributed by atoms with Crippen molar-refractivity contribution in [2.45, 2.75) is 46.4 Å². The molecule has 0 bridgehead atoms. The fourth-order valence-corrected chi connectivity index (χ4v) is 2.45.